The van der Waals surface area contributed by atoms with Crippen molar-refractivity contribution in [2.45, 2.75) is 13.5 Å². The molecule has 2 aliphatic rings. The van der Waals surface area contributed by atoms with Crippen LogP contribution in [0.4, 0.5) is 16.2 Å². The van der Waals surface area contributed by atoms with Crippen molar-refractivity contribution in [2.24, 2.45) is 0 Å². The minimum atomic E-state index is -0.225. The first-order chi connectivity index (χ1) is 13.7. The zero-order valence-corrected chi connectivity index (χ0v) is 16.1. The average molecular weight is 382 g/mol. The van der Waals surface area contributed by atoms with Crippen LogP contribution in [0, 0.1) is 0 Å². The van der Waals surface area contributed by atoms with E-state index in [1.54, 1.807) is 0 Å². The van der Waals surface area contributed by atoms with Gasteiger partial charge in [-0.2, -0.15) is 0 Å². The molecular weight excluding hydrogens is 356 g/mol. The Labute approximate surface area is 165 Å². The Morgan fingerprint density at radius 3 is 2.64 bits per heavy atom. The Kier molecular flexibility index (Phi) is 5.53. The first kappa shape index (κ1) is 18.4. The van der Waals surface area contributed by atoms with Crippen molar-refractivity contribution in [1.82, 2.24) is 10.2 Å². The Bertz CT molecular complexity index is 834. The number of hydrogen-bond acceptors (Lipinski definition) is 5. The van der Waals surface area contributed by atoms with Gasteiger partial charge in [0.2, 0.25) is 6.79 Å². The molecule has 2 amide bonds. The number of nitrogens with zero attached hydrogens (tertiary/aromatic N) is 2. The van der Waals surface area contributed by atoms with Gasteiger partial charge >= 0.3 is 6.03 Å². The summed E-state index contributed by atoms with van der Waals surface area (Å²) in [6.07, 6.45) is 0. The zero-order chi connectivity index (χ0) is 19.3. The second-order valence-electron chi connectivity index (χ2n) is 6.93. The third kappa shape index (κ3) is 4.14. The predicted octanol–water partition coefficient (Wildman–Crippen LogP) is 2.88. The number of piperazine rings is 1. The lowest BCUT2D eigenvalue weighted by Crippen LogP contribution is -2.46. The highest BCUT2D eigenvalue weighted by atomic mass is 16.7. The van der Waals surface area contributed by atoms with Gasteiger partial charge in [0.1, 0.15) is 0 Å². The molecule has 0 spiro atoms. The molecule has 0 saturated carbocycles. The number of anilines is 2. The Morgan fingerprint density at radius 1 is 1.04 bits per heavy atom. The van der Waals surface area contributed by atoms with Gasteiger partial charge in [-0.1, -0.05) is 25.1 Å². The standard InChI is InChI=1S/C21H26N4O3/c1-2-24-9-11-25(12-10-24)18-6-4-3-5-17(18)23-21(26)22-14-16-7-8-19-20(13-16)28-15-27-19/h3-8,13H,2,9-12,14-15H2,1H3,(H2,22,23,26). The molecule has 0 aromatic heterocycles. The van der Waals surface area contributed by atoms with E-state index in [0.29, 0.717) is 6.54 Å². The number of urea groups is 1. The first-order valence-corrected chi connectivity index (χ1v) is 9.72. The molecule has 2 aromatic carbocycles. The quantitative estimate of drug-likeness (QED) is 0.832. The van der Waals surface area contributed by atoms with Crippen LogP contribution in [0.5, 0.6) is 11.5 Å². The normalized spacial score (nSPS) is 16.1. The van der Waals surface area contributed by atoms with E-state index in [0.717, 1.165) is 61.2 Å². The van der Waals surface area contributed by atoms with Crippen LogP contribution in [-0.4, -0.2) is 50.4 Å². The molecular formula is C21H26N4O3. The number of carbonyl (C=O) groups is 1. The van der Waals surface area contributed by atoms with Crippen molar-refractivity contribution in [3.8, 4) is 11.5 Å². The number of fused-ring (bicyclic) bond motifs is 1. The summed E-state index contributed by atoms with van der Waals surface area (Å²) < 4.78 is 10.7. The number of rotatable bonds is 5. The van der Waals surface area contributed by atoms with E-state index in [1.807, 2.05) is 36.4 Å². The number of carbonyl (C=O) groups excluding carboxylic acids is 1. The SMILES string of the molecule is CCN1CCN(c2ccccc2NC(=O)NCc2ccc3c(c2)OCO3)CC1. The molecule has 28 heavy (non-hydrogen) atoms. The second-order valence-corrected chi connectivity index (χ2v) is 6.93. The van der Waals surface area contributed by atoms with Crippen molar-refractivity contribution >= 4 is 17.4 Å². The lowest BCUT2D eigenvalue weighted by molar-refractivity contribution is 0.174. The molecule has 0 radical (unpaired) electrons. The van der Waals surface area contributed by atoms with Crippen LogP contribution in [0.15, 0.2) is 42.5 Å². The minimum absolute atomic E-state index is 0.225. The van der Waals surface area contributed by atoms with Crippen LogP contribution in [0.2, 0.25) is 0 Å². The largest absolute Gasteiger partial charge is 0.454 e. The van der Waals surface area contributed by atoms with Gasteiger partial charge < -0.3 is 29.9 Å². The first-order valence-electron chi connectivity index (χ1n) is 9.72. The molecule has 2 heterocycles. The van der Waals surface area contributed by atoms with E-state index in [1.165, 1.54) is 0 Å². The molecule has 2 aromatic rings. The molecule has 1 saturated heterocycles. The van der Waals surface area contributed by atoms with Crippen LogP contribution in [0.1, 0.15) is 12.5 Å². The number of hydrogen-bond donors (Lipinski definition) is 2. The number of nitrogens with one attached hydrogen (secondary N) is 2. The molecule has 0 atom stereocenters. The summed E-state index contributed by atoms with van der Waals surface area (Å²) >= 11 is 0. The van der Waals surface area contributed by atoms with Gasteiger partial charge in [0.05, 0.1) is 11.4 Å². The van der Waals surface area contributed by atoms with Gasteiger partial charge in [-0.05, 0) is 36.4 Å². The van der Waals surface area contributed by atoms with E-state index in [9.17, 15) is 4.79 Å². The maximum atomic E-state index is 12.4. The highest BCUT2D eigenvalue weighted by Gasteiger charge is 2.19. The van der Waals surface area contributed by atoms with Gasteiger partial charge in [0, 0.05) is 32.7 Å². The topological polar surface area (TPSA) is 66.1 Å². The maximum Gasteiger partial charge on any atom is 0.319 e. The van der Waals surface area contributed by atoms with Crippen LogP contribution in [0.3, 0.4) is 0 Å². The van der Waals surface area contributed by atoms with Crippen molar-refractivity contribution in [3.63, 3.8) is 0 Å². The number of ether oxygens (including phenoxy) is 2. The summed E-state index contributed by atoms with van der Waals surface area (Å²) in [5.74, 6) is 1.46. The van der Waals surface area contributed by atoms with Gasteiger partial charge in [0.25, 0.3) is 0 Å². The molecule has 148 valence electrons. The molecule has 4 rings (SSSR count). The van der Waals surface area contributed by atoms with Crippen molar-refractivity contribution in [2.75, 3.05) is 49.7 Å². The number of benzene rings is 2. The average Bonchev–Trinajstić information content (AvgIpc) is 3.21. The van der Waals surface area contributed by atoms with E-state index in [2.05, 4.69) is 33.4 Å². The third-order valence-corrected chi connectivity index (χ3v) is 5.20. The molecule has 0 bridgehead atoms. The summed E-state index contributed by atoms with van der Waals surface area (Å²) in [4.78, 5) is 17.2. The van der Waals surface area contributed by atoms with Gasteiger partial charge in [0.15, 0.2) is 11.5 Å². The van der Waals surface area contributed by atoms with Crippen molar-refractivity contribution in [3.05, 3.63) is 48.0 Å². The monoisotopic (exact) mass is 382 g/mol. The third-order valence-electron chi connectivity index (χ3n) is 5.20. The smallest absolute Gasteiger partial charge is 0.319 e. The fraction of sp³-hybridized carbons (Fsp3) is 0.381. The number of para-hydroxylation sites is 2. The maximum absolute atomic E-state index is 12.4. The summed E-state index contributed by atoms with van der Waals surface area (Å²) in [7, 11) is 0. The van der Waals surface area contributed by atoms with Gasteiger partial charge in [-0.3, -0.25) is 0 Å². The molecule has 7 nitrogen and oxygen atoms in total. The Morgan fingerprint density at radius 2 is 1.82 bits per heavy atom. The molecule has 0 aliphatic carbocycles. The number of amides is 2. The van der Waals surface area contributed by atoms with Crippen molar-refractivity contribution in [1.29, 1.82) is 0 Å². The highest BCUT2D eigenvalue weighted by molar-refractivity contribution is 5.93. The van der Waals surface area contributed by atoms with Crippen LogP contribution in [0.25, 0.3) is 0 Å². The summed E-state index contributed by atoms with van der Waals surface area (Å²) in [6, 6.07) is 13.4. The Balaban J connectivity index is 1.36. The van der Waals surface area contributed by atoms with Crippen LogP contribution >= 0.6 is 0 Å². The Hall–Kier alpha value is -2.93. The van der Waals surface area contributed by atoms with E-state index >= 15 is 0 Å². The molecule has 2 aliphatic heterocycles. The highest BCUT2D eigenvalue weighted by Crippen LogP contribution is 2.32. The molecule has 0 unspecified atom stereocenters. The summed E-state index contributed by atoms with van der Waals surface area (Å²) in [6.45, 7) is 7.94. The van der Waals surface area contributed by atoms with E-state index in [-0.39, 0.29) is 12.8 Å². The fourth-order valence-corrected chi connectivity index (χ4v) is 3.56. The molecule has 7 heteroatoms. The number of likely N-dealkylation sites (N-methyl/N-ethyl adjacent to an activating group) is 1. The minimum Gasteiger partial charge on any atom is -0.454 e. The molecule has 2 N–H and O–H groups in total. The van der Waals surface area contributed by atoms with Crippen molar-refractivity contribution < 1.29 is 14.3 Å². The van der Waals surface area contributed by atoms with Crippen LogP contribution < -0.4 is 25.0 Å². The second kappa shape index (κ2) is 8.39. The predicted molar refractivity (Wildman–Crippen MR) is 109 cm³/mol. The van der Waals surface area contributed by atoms with Crippen LogP contribution in [-0.2, 0) is 6.54 Å². The zero-order valence-electron chi connectivity index (χ0n) is 16.1. The van der Waals surface area contributed by atoms with Gasteiger partial charge in [-0.25, -0.2) is 4.79 Å². The lowest BCUT2D eigenvalue weighted by atomic mass is 10.2. The lowest BCUT2D eigenvalue weighted by Gasteiger charge is -2.36. The fourth-order valence-electron chi connectivity index (χ4n) is 3.56. The summed E-state index contributed by atoms with van der Waals surface area (Å²) in [5.41, 5.74) is 2.86. The molecule has 1 fully saturated rings. The van der Waals surface area contributed by atoms with Gasteiger partial charge in [-0.15, -0.1) is 0 Å². The van der Waals surface area contributed by atoms with E-state index in [4.69, 9.17) is 9.47 Å². The van der Waals surface area contributed by atoms with E-state index < -0.39 is 0 Å². The summed E-state index contributed by atoms with van der Waals surface area (Å²) in [5, 5.41) is 5.91.